The molecular formula is C21H24N4O3S. The number of aromatic amines is 1. The highest BCUT2D eigenvalue weighted by Crippen LogP contribution is 2.36. The van der Waals surface area contributed by atoms with Gasteiger partial charge in [-0.25, -0.2) is 5.10 Å². The lowest BCUT2D eigenvalue weighted by Gasteiger charge is -2.18. The van der Waals surface area contributed by atoms with Crippen LogP contribution in [0.25, 0.3) is 11.4 Å². The zero-order valence-electron chi connectivity index (χ0n) is 17.1. The topological polar surface area (TPSA) is 84.7 Å². The maximum atomic E-state index is 10.1. The number of nitrogens with one attached hydrogen (secondary N) is 1. The van der Waals surface area contributed by atoms with Crippen LogP contribution in [0, 0.1) is 4.77 Å². The minimum Gasteiger partial charge on any atom is -0.502 e. The second-order valence-electron chi connectivity index (χ2n) is 7.51. The lowest BCUT2D eigenvalue weighted by molar-refractivity contribution is 0.340. The lowest BCUT2D eigenvalue weighted by Crippen LogP contribution is -2.10. The first-order valence-electron chi connectivity index (χ1n) is 9.02. The molecule has 8 heteroatoms. The Morgan fingerprint density at radius 2 is 1.69 bits per heavy atom. The van der Waals surface area contributed by atoms with Crippen molar-refractivity contribution in [3.05, 3.63) is 52.3 Å². The van der Waals surface area contributed by atoms with Crippen molar-refractivity contribution < 1.29 is 14.6 Å². The van der Waals surface area contributed by atoms with Gasteiger partial charge in [-0.15, -0.1) is 0 Å². The fraction of sp³-hybridized carbons (Fsp3) is 0.286. The Kier molecular flexibility index (Phi) is 5.74. The van der Waals surface area contributed by atoms with Gasteiger partial charge in [0.05, 0.1) is 20.4 Å². The minimum atomic E-state index is -0.0632. The van der Waals surface area contributed by atoms with Crippen molar-refractivity contribution >= 4 is 18.4 Å². The fourth-order valence-corrected chi connectivity index (χ4v) is 3.00. The maximum Gasteiger partial charge on any atom is 0.216 e. The van der Waals surface area contributed by atoms with E-state index in [2.05, 4.69) is 48.2 Å². The van der Waals surface area contributed by atoms with E-state index in [0.29, 0.717) is 27.7 Å². The second-order valence-corrected chi connectivity index (χ2v) is 7.90. The van der Waals surface area contributed by atoms with E-state index in [1.54, 1.807) is 23.0 Å². The number of nitrogens with zero attached hydrogens (tertiary/aromatic N) is 3. The van der Waals surface area contributed by atoms with E-state index in [1.165, 1.54) is 19.8 Å². The van der Waals surface area contributed by atoms with E-state index < -0.39 is 0 Å². The third kappa shape index (κ3) is 4.32. The number of aromatic hydroxyl groups is 1. The molecule has 1 aromatic heterocycles. The van der Waals surface area contributed by atoms with Crippen molar-refractivity contribution in [1.29, 1.82) is 0 Å². The van der Waals surface area contributed by atoms with Gasteiger partial charge < -0.3 is 14.6 Å². The molecule has 0 atom stereocenters. The van der Waals surface area contributed by atoms with Crippen LogP contribution >= 0.6 is 12.2 Å². The highest BCUT2D eigenvalue weighted by molar-refractivity contribution is 7.71. The number of aromatic nitrogens is 3. The molecule has 0 fully saturated rings. The Bertz CT molecular complexity index is 1070. The summed E-state index contributed by atoms with van der Waals surface area (Å²) < 4.78 is 12.3. The van der Waals surface area contributed by atoms with Crippen LogP contribution in [-0.4, -0.2) is 40.4 Å². The van der Waals surface area contributed by atoms with Crippen LogP contribution in [0.5, 0.6) is 17.2 Å². The number of hydrogen-bond acceptors (Lipinski definition) is 6. The van der Waals surface area contributed by atoms with Gasteiger partial charge in [0.2, 0.25) is 10.5 Å². The summed E-state index contributed by atoms with van der Waals surface area (Å²) in [6.07, 6.45) is 1.60. The summed E-state index contributed by atoms with van der Waals surface area (Å²) in [6, 6.07) is 11.5. The third-order valence-electron chi connectivity index (χ3n) is 4.48. The number of rotatable bonds is 5. The van der Waals surface area contributed by atoms with Crippen molar-refractivity contribution in [3.8, 4) is 28.6 Å². The summed E-state index contributed by atoms with van der Waals surface area (Å²) in [6.45, 7) is 6.51. The van der Waals surface area contributed by atoms with E-state index in [0.717, 1.165) is 5.56 Å². The maximum absolute atomic E-state index is 10.1. The molecule has 0 spiro atoms. The van der Waals surface area contributed by atoms with Gasteiger partial charge in [0, 0.05) is 11.1 Å². The molecule has 3 rings (SSSR count). The number of benzene rings is 2. The van der Waals surface area contributed by atoms with Crippen molar-refractivity contribution in [1.82, 2.24) is 14.9 Å². The van der Waals surface area contributed by atoms with Gasteiger partial charge in [0.1, 0.15) is 0 Å². The Balaban J connectivity index is 1.98. The second kappa shape index (κ2) is 8.08. The van der Waals surface area contributed by atoms with Gasteiger partial charge in [-0.1, -0.05) is 45.0 Å². The van der Waals surface area contributed by atoms with Crippen molar-refractivity contribution in [3.63, 3.8) is 0 Å². The number of phenols is 1. The van der Waals surface area contributed by atoms with Crippen LogP contribution in [0.4, 0.5) is 0 Å². The van der Waals surface area contributed by atoms with Crippen LogP contribution in [-0.2, 0) is 5.41 Å². The Morgan fingerprint density at radius 1 is 1.10 bits per heavy atom. The average Bonchev–Trinajstić information content (AvgIpc) is 3.07. The van der Waals surface area contributed by atoms with E-state index >= 15 is 0 Å². The van der Waals surface area contributed by atoms with Crippen LogP contribution in [0.3, 0.4) is 0 Å². The fourth-order valence-electron chi connectivity index (χ4n) is 2.82. The molecule has 2 aromatic carbocycles. The first-order valence-corrected chi connectivity index (χ1v) is 9.43. The monoisotopic (exact) mass is 412 g/mol. The quantitative estimate of drug-likeness (QED) is 0.476. The van der Waals surface area contributed by atoms with Crippen molar-refractivity contribution in [2.75, 3.05) is 14.2 Å². The largest absolute Gasteiger partial charge is 0.502 e. The molecular weight excluding hydrogens is 388 g/mol. The molecule has 0 amide bonds. The third-order valence-corrected chi connectivity index (χ3v) is 4.75. The molecule has 1 heterocycles. The molecule has 0 bridgehead atoms. The Hall–Kier alpha value is -3.13. The highest BCUT2D eigenvalue weighted by Gasteiger charge is 2.15. The molecule has 0 aliphatic carbocycles. The molecule has 3 aromatic rings. The van der Waals surface area contributed by atoms with Gasteiger partial charge in [0.15, 0.2) is 17.3 Å². The first kappa shape index (κ1) is 20.6. The van der Waals surface area contributed by atoms with Crippen LogP contribution < -0.4 is 9.47 Å². The van der Waals surface area contributed by atoms with Gasteiger partial charge >= 0.3 is 0 Å². The molecule has 0 radical (unpaired) electrons. The molecule has 152 valence electrons. The summed E-state index contributed by atoms with van der Waals surface area (Å²) in [5, 5.41) is 21.6. The molecule has 0 unspecified atom stereocenters. The van der Waals surface area contributed by atoms with Gasteiger partial charge in [-0.3, -0.25) is 0 Å². The predicted molar refractivity (Wildman–Crippen MR) is 116 cm³/mol. The minimum absolute atomic E-state index is 0.0632. The van der Waals surface area contributed by atoms with E-state index in [-0.39, 0.29) is 11.2 Å². The summed E-state index contributed by atoms with van der Waals surface area (Å²) >= 11 is 5.33. The van der Waals surface area contributed by atoms with Crippen molar-refractivity contribution in [2.24, 2.45) is 5.10 Å². The van der Waals surface area contributed by atoms with E-state index in [1.807, 2.05) is 12.1 Å². The normalized spacial score (nSPS) is 11.8. The number of hydrogen-bond donors (Lipinski definition) is 2. The van der Waals surface area contributed by atoms with E-state index in [9.17, 15) is 5.11 Å². The molecule has 29 heavy (non-hydrogen) atoms. The SMILES string of the molecule is COc1cc(/C=N/n2c(-c3ccc(C(C)(C)C)cc3)n[nH]c2=S)cc(OC)c1O. The lowest BCUT2D eigenvalue weighted by atomic mass is 9.87. The average molecular weight is 413 g/mol. The highest BCUT2D eigenvalue weighted by atomic mass is 32.1. The summed E-state index contributed by atoms with van der Waals surface area (Å²) in [7, 11) is 2.95. The van der Waals surface area contributed by atoms with Crippen LogP contribution in [0.15, 0.2) is 41.5 Å². The number of methoxy groups -OCH3 is 2. The first-order chi connectivity index (χ1) is 13.7. The molecule has 0 aliphatic heterocycles. The molecule has 2 N–H and O–H groups in total. The predicted octanol–water partition coefficient (Wildman–Crippen LogP) is 4.51. The molecule has 7 nitrogen and oxygen atoms in total. The van der Waals surface area contributed by atoms with E-state index in [4.69, 9.17) is 21.7 Å². The van der Waals surface area contributed by atoms with Gasteiger partial charge in [0.25, 0.3) is 0 Å². The zero-order chi connectivity index (χ0) is 21.2. The Morgan fingerprint density at radius 3 is 2.21 bits per heavy atom. The molecule has 0 saturated carbocycles. The summed E-state index contributed by atoms with van der Waals surface area (Å²) in [4.78, 5) is 0. The Labute approximate surface area is 174 Å². The number of ether oxygens (including phenoxy) is 2. The van der Waals surface area contributed by atoms with Crippen molar-refractivity contribution in [2.45, 2.75) is 26.2 Å². The van der Waals surface area contributed by atoms with Crippen LogP contribution in [0.2, 0.25) is 0 Å². The standard InChI is InChI=1S/C21H24N4O3S/c1-21(2,3)15-8-6-14(7-9-15)19-23-24-20(29)25(19)22-12-13-10-16(27-4)18(26)17(11-13)28-5/h6-12,26H,1-5H3,(H,24,29)/b22-12+. The molecule has 0 saturated heterocycles. The summed E-state index contributed by atoms with van der Waals surface area (Å²) in [5.74, 6) is 1.12. The number of phenolic OH excluding ortho intramolecular Hbond substituents is 1. The smallest absolute Gasteiger partial charge is 0.216 e. The van der Waals surface area contributed by atoms with Crippen LogP contribution in [0.1, 0.15) is 31.9 Å². The van der Waals surface area contributed by atoms with Gasteiger partial charge in [-0.2, -0.15) is 14.9 Å². The summed E-state index contributed by atoms with van der Waals surface area (Å²) in [5.41, 5.74) is 2.86. The van der Waals surface area contributed by atoms with Gasteiger partial charge in [-0.05, 0) is 35.3 Å². The molecule has 0 aliphatic rings. The number of H-pyrrole nitrogens is 1. The zero-order valence-corrected chi connectivity index (χ0v) is 17.9.